The van der Waals surface area contributed by atoms with Crippen molar-refractivity contribution in [2.24, 2.45) is 0 Å². The van der Waals surface area contributed by atoms with E-state index in [2.05, 4.69) is 4.98 Å². The van der Waals surface area contributed by atoms with Gasteiger partial charge < -0.3 is 14.3 Å². The standard InChI is InChI=1S/C18H14ClNO3/c1-22-16-8-7-12(10-15(16)21)9-14(19)18-20-11-17(23-18)13-5-3-2-4-6-13/h2-11,21H,1H3/b14-9-. The lowest BCUT2D eigenvalue weighted by atomic mass is 10.2. The van der Waals surface area contributed by atoms with Gasteiger partial charge in [-0.25, -0.2) is 4.98 Å². The van der Waals surface area contributed by atoms with Gasteiger partial charge in [-0.2, -0.15) is 0 Å². The van der Waals surface area contributed by atoms with E-state index in [1.165, 1.54) is 7.11 Å². The Morgan fingerprint density at radius 2 is 2.00 bits per heavy atom. The smallest absolute Gasteiger partial charge is 0.238 e. The SMILES string of the molecule is COc1ccc(/C=C(\Cl)c2ncc(-c3ccccc3)o2)cc1O. The number of hydrogen-bond acceptors (Lipinski definition) is 4. The Labute approximate surface area is 138 Å². The van der Waals surface area contributed by atoms with Crippen LogP contribution in [0, 0.1) is 0 Å². The second kappa shape index (κ2) is 6.58. The van der Waals surface area contributed by atoms with Crippen molar-refractivity contribution < 1.29 is 14.3 Å². The van der Waals surface area contributed by atoms with Crippen LogP contribution in [0.4, 0.5) is 0 Å². The molecule has 0 amide bonds. The van der Waals surface area contributed by atoms with E-state index < -0.39 is 0 Å². The third-order valence-corrected chi connectivity index (χ3v) is 3.54. The Morgan fingerprint density at radius 1 is 1.22 bits per heavy atom. The number of phenolic OH excluding ortho intramolecular Hbond substituents is 1. The second-order valence-corrected chi connectivity index (χ2v) is 5.23. The van der Waals surface area contributed by atoms with Gasteiger partial charge in [0.05, 0.1) is 13.3 Å². The van der Waals surface area contributed by atoms with Crippen molar-refractivity contribution in [1.29, 1.82) is 0 Å². The summed E-state index contributed by atoms with van der Waals surface area (Å²) < 4.78 is 10.7. The molecule has 3 aromatic rings. The van der Waals surface area contributed by atoms with Crippen LogP contribution in [0.3, 0.4) is 0 Å². The fraction of sp³-hybridized carbons (Fsp3) is 0.0556. The summed E-state index contributed by atoms with van der Waals surface area (Å²) in [7, 11) is 1.50. The normalized spacial score (nSPS) is 11.5. The molecule has 0 bridgehead atoms. The molecule has 0 aliphatic carbocycles. The molecule has 5 heteroatoms. The van der Waals surface area contributed by atoms with Crippen LogP contribution in [-0.4, -0.2) is 17.2 Å². The molecule has 0 radical (unpaired) electrons. The highest BCUT2D eigenvalue weighted by atomic mass is 35.5. The van der Waals surface area contributed by atoms with Gasteiger partial charge in [0.15, 0.2) is 17.3 Å². The van der Waals surface area contributed by atoms with Crippen LogP contribution < -0.4 is 4.74 Å². The maximum Gasteiger partial charge on any atom is 0.238 e. The van der Waals surface area contributed by atoms with Gasteiger partial charge in [0.1, 0.15) is 5.03 Å². The van der Waals surface area contributed by atoms with Gasteiger partial charge in [0, 0.05) is 5.56 Å². The van der Waals surface area contributed by atoms with Crippen molar-refractivity contribution in [2.75, 3.05) is 7.11 Å². The second-order valence-electron chi connectivity index (χ2n) is 4.82. The maximum absolute atomic E-state index is 9.79. The highest BCUT2D eigenvalue weighted by Gasteiger charge is 2.10. The molecule has 0 aliphatic rings. The molecule has 0 saturated carbocycles. The minimum absolute atomic E-state index is 0.0445. The molecule has 0 aliphatic heterocycles. The molecule has 4 nitrogen and oxygen atoms in total. The molecule has 0 unspecified atom stereocenters. The van der Waals surface area contributed by atoms with Gasteiger partial charge in [0.25, 0.3) is 0 Å². The monoisotopic (exact) mass is 327 g/mol. The number of phenols is 1. The average molecular weight is 328 g/mol. The van der Waals surface area contributed by atoms with E-state index in [4.69, 9.17) is 20.8 Å². The molecule has 116 valence electrons. The molecular formula is C18H14ClNO3. The minimum Gasteiger partial charge on any atom is -0.504 e. The summed E-state index contributed by atoms with van der Waals surface area (Å²) in [6, 6.07) is 14.7. The first kappa shape index (κ1) is 15.2. The molecule has 0 spiro atoms. The fourth-order valence-corrected chi connectivity index (χ4v) is 2.34. The number of hydrogen-bond donors (Lipinski definition) is 1. The molecule has 3 rings (SSSR count). The predicted molar refractivity (Wildman–Crippen MR) is 90.3 cm³/mol. The number of aromatic nitrogens is 1. The Morgan fingerprint density at radius 3 is 2.70 bits per heavy atom. The van der Waals surface area contributed by atoms with E-state index in [1.807, 2.05) is 30.3 Å². The maximum atomic E-state index is 9.79. The van der Waals surface area contributed by atoms with Gasteiger partial charge in [-0.05, 0) is 23.8 Å². The molecule has 1 N–H and O–H groups in total. The van der Waals surface area contributed by atoms with Gasteiger partial charge in [-0.1, -0.05) is 48.0 Å². The van der Waals surface area contributed by atoms with Crippen LogP contribution in [0.1, 0.15) is 11.5 Å². The summed E-state index contributed by atoms with van der Waals surface area (Å²) >= 11 is 6.26. The highest BCUT2D eigenvalue weighted by Crippen LogP contribution is 2.30. The van der Waals surface area contributed by atoms with Crippen LogP contribution in [-0.2, 0) is 0 Å². The first-order valence-corrected chi connectivity index (χ1v) is 7.31. The van der Waals surface area contributed by atoms with Crippen molar-refractivity contribution in [3.8, 4) is 22.8 Å². The molecule has 0 atom stereocenters. The van der Waals surface area contributed by atoms with Crippen LogP contribution in [0.15, 0.2) is 59.1 Å². The van der Waals surface area contributed by atoms with Crippen molar-refractivity contribution in [2.45, 2.75) is 0 Å². The van der Waals surface area contributed by atoms with Crippen molar-refractivity contribution in [3.05, 3.63) is 66.2 Å². The zero-order chi connectivity index (χ0) is 16.2. The van der Waals surface area contributed by atoms with Gasteiger partial charge >= 0.3 is 0 Å². The highest BCUT2D eigenvalue weighted by molar-refractivity contribution is 6.50. The molecule has 1 heterocycles. The summed E-state index contributed by atoms with van der Waals surface area (Å²) in [5, 5.41) is 10.1. The summed E-state index contributed by atoms with van der Waals surface area (Å²) in [4.78, 5) is 4.19. The minimum atomic E-state index is 0.0445. The van der Waals surface area contributed by atoms with E-state index in [9.17, 15) is 5.11 Å². The van der Waals surface area contributed by atoms with Crippen LogP contribution in [0.25, 0.3) is 22.4 Å². The third-order valence-electron chi connectivity index (χ3n) is 3.26. The van der Waals surface area contributed by atoms with Crippen LogP contribution >= 0.6 is 11.6 Å². The van der Waals surface area contributed by atoms with E-state index in [1.54, 1.807) is 30.5 Å². The Kier molecular flexibility index (Phi) is 4.35. The number of rotatable bonds is 4. The largest absolute Gasteiger partial charge is 0.504 e. The van der Waals surface area contributed by atoms with Crippen molar-refractivity contribution >= 4 is 22.7 Å². The number of methoxy groups -OCH3 is 1. The number of ether oxygens (including phenoxy) is 1. The predicted octanol–water partition coefficient (Wildman–Crippen LogP) is 4.79. The van der Waals surface area contributed by atoms with E-state index in [0.717, 1.165) is 5.56 Å². The van der Waals surface area contributed by atoms with Crippen molar-refractivity contribution in [3.63, 3.8) is 0 Å². The number of oxazole rings is 1. The molecule has 23 heavy (non-hydrogen) atoms. The van der Waals surface area contributed by atoms with Gasteiger partial charge in [-0.3, -0.25) is 0 Å². The van der Waals surface area contributed by atoms with E-state index >= 15 is 0 Å². The molecule has 0 fully saturated rings. The molecule has 0 saturated heterocycles. The quantitative estimate of drug-likeness (QED) is 0.748. The lowest BCUT2D eigenvalue weighted by Crippen LogP contribution is -1.84. The molecular weight excluding hydrogens is 314 g/mol. The summed E-state index contributed by atoms with van der Waals surface area (Å²) in [6.07, 6.45) is 3.30. The summed E-state index contributed by atoms with van der Waals surface area (Å²) in [5.41, 5.74) is 1.64. The zero-order valence-electron chi connectivity index (χ0n) is 12.4. The molecule has 2 aromatic carbocycles. The fourth-order valence-electron chi connectivity index (χ4n) is 2.13. The first-order valence-electron chi connectivity index (χ1n) is 6.93. The Balaban J connectivity index is 1.87. The topological polar surface area (TPSA) is 55.5 Å². The summed E-state index contributed by atoms with van der Waals surface area (Å²) in [6.45, 7) is 0. The van der Waals surface area contributed by atoms with Crippen LogP contribution in [0.5, 0.6) is 11.5 Å². The zero-order valence-corrected chi connectivity index (χ0v) is 13.1. The number of benzene rings is 2. The van der Waals surface area contributed by atoms with Gasteiger partial charge in [0.2, 0.25) is 5.89 Å². The third kappa shape index (κ3) is 3.38. The lowest BCUT2D eigenvalue weighted by molar-refractivity contribution is 0.373. The number of nitrogens with zero attached hydrogens (tertiary/aromatic N) is 1. The summed E-state index contributed by atoms with van der Waals surface area (Å²) in [5.74, 6) is 1.41. The number of aromatic hydroxyl groups is 1. The van der Waals surface area contributed by atoms with Crippen molar-refractivity contribution in [1.82, 2.24) is 4.98 Å². The first-order chi connectivity index (χ1) is 11.2. The molecule has 1 aromatic heterocycles. The van der Waals surface area contributed by atoms with E-state index in [0.29, 0.717) is 28.0 Å². The Bertz CT molecular complexity index is 840. The lowest BCUT2D eigenvalue weighted by Gasteiger charge is -2.03. The average Bonchev–Trinajstić information content (AvgIpc) is 3.06. The van der Waals surface area contributed by atoms with E-state index in [-0.39, 0.29) is 5.75 Å². The Hall–Kier alpha value is -2.72. The van der Waals surface area contributed by atoms with Gasteiger partial charge in [-0.15, -0.1) is 0 Å². The number of halogens is 1. The van der Waals surface area contributed by atoms with Crippen LogP contribution in [0.2, 0.25) is 0 Å².